The normalized spacial score (nSPS) is 18.2. The fourth-order valence-corrected chi connectivity index (χ4v) is 3.84. The van der Waals surface area contributed by atoms with Gasteiger partial charge in [-0.15, -0.1) is 0 Å². The zero-order valence-corrected chi connectivity index (χ0v) is 17.2. The summed E-state index contributed by atoms with van der Waals surface area (Å²) in [6, 6.07) is 5.08. The highest BCUT2D eigenvalue weighted by Gasteiger charge is 2.43. The van der Waals surface area contributed by atoms with Crippen molar-refractivity contribution in [2.45, 2.75) is 19.2 Å². The van der Waals surface area contributed by atoms with Crippen molar-refractivity contribution in [2.75, 3.05) is 29.9 Å². The number of nitrogens with zero attached hydrogens (tertiary/aromatic N) is 4. The second-order valence-electron chi connectivity index (χ2n) is 7.65. The highest BCUT2D eigenvalue weighted by Crippen LogP contribution is 2.40. The van der Waals surface area contributed by atoms with Crippen LogP contribution < -0.4 is 10.2 Å². The Kier molecular flexibility index (Phi) is 5.04. The molecule has 0 bridgehead atoms. The Morgan fingerprint density at radius 1 is 1.18 bits per heavy atom. The number of aryl methyl sites for hydroxylation is 1. The first kappa shape index (κ1) is 21.3. The predicted octanol–water partition coefficient (Wildman–Crippen LogP) is 4.33. The van der Waals surface area contributed by atoms with Crippen LogP contribution in [0.3, 0.4) is 0 Å². The van der Waals surface area contributed by atoms with E-state index in [0.717, 1.165) is 12.1 Å². The fourth-order valence-electron chi connectivity index (χ4n) is 3.84. The molecule has 4 heterocycles. The summed E-state index contributed by atoms with van der Waals surface area (Å²) in [5.41, 5.74) is 1.81. The van der Waals surface area contributed by atoms with Gasteiger partial charge in [-0.1, -0.05) is 6.07 Å². The van der Waals surface area contributed by atoms with Crippen LogP contribution in [0.2, 0.25) is 0 Å². The van der Waals surface area contributed by atoms with Gasteiger partial charge in [0, 0.05) is 12.1 Å². The highest BCUT2D eigenvalue weighted by molar-refractivity contribution is 6.13. The summed E-state index contributed by atoms with van der Waals surface area (Å²) in [5, 5.41) is 9.92. The molecule has 0 amide bonds. The maximum atomic E-state index is 14.5. The van der Waals surface area contributed by atoms with Crippen molar-refractivity contribution in [3.8, 4) is 11.3 Å². The second kappa shape index (κ2) is 7.80. The number of H-pyrrole nitrogens is 1. The Labute approximate surface area is 184 Å². The Balaban J connectivity index is 1.58. The van der Waals surface area contributed by atoms with Crippen LogP contribution in [0.5, 0.6) is 0 Å². The molecule has 7 nitrogen and oxygen atoms in total. The molecule has 2 aromatic heterocycles. The number of aromatic nitrogens is 3. The molecule has 12 heteroatoms. The van der Waals surface area contributed by atoms with E-state index >= 15 is 0 Å². The van der Waals surface area contributed by atoms with Gasteiger partial charge in [-0.2, -0.15) is 18.3 Å². The van der Waals surface area contributed by atoms with Crippen molar-refractivity contribution < 1.29 is 26.7 Å². The van der Waals surface area contributed by atoms with Crippen LogP contribution in [0.25, 0.3) is 11.3 Å². The third-order valence-corrected chi connectivity index (χ3v) is 5.51. The number of nitrogens with one attached hydrogen (secondary N) is 2. The van der Waals surface area contributed by atoms with Gasteiger partial charge in [0.25, 0.3) is 0 Å². The number of fused-ring (bicyclic) bond motifs is 3. The molecule has 3 aromatic rings. The number of anilines is 2. The molecule has 172 valence electrons. The van der Waals surface area contributed by atoms with Crippen molar-refractivity contribution in [1.29, 1.82) is 0 Å². The molecule has 0 saturated carbocycles. The zero-order chi connectivity index (χ0) is 23.3. The number of pyridine rings is 1. The lowest BCUT2D eigenvalue weighted by Crippen LogP contribution is -2.49. The Bertz CT molecular complexity index is 1230. The zero-order valence-electron chi connectivity index (χ0n) is 17.2. The van der Waals surface area contributed by atoms with E-state index in [2.05, 4.69) is 25.5 Å². The lowest BCUT2D eigenvalue weighted by molar-refractivity contribution is -0.221. The van der Waals surface area contributed by atoms with Crippen LogP contribution in [0.15, 0.2) is 35.5 Å². The molecule has 1 aromatic carbocycles. The van der Waals surface area contributed by atoms with Crippen molar-refractivity contribution in [2.24, 2.45) is 4.99 Å². The molecule has 1 fully saturated rings. The first-order valence-electron chi connectivity index (χ1n) is 10.0. The van der Waals surface area contributed by atoms with Crippen LogP contribution in [0, 0.1) is 18.6 Å². The minimum absolute atomic E-state index is 0.0758. The molecule has 5 rings (SSSR count). The average Bonchev–Trinajstić information content (AvgIpc) is 3.04. The Hall–Kier alpha value is -3.54. The summed E-state index contributed by atoms with van der Waals surface area (Å²) in [5.74, 6) is -1.38. The van der Waals surface area contributed by atoms with E-state index in [0.29, 0.717) is 34.1 Å². The number of morpholine rings is 1. The largest absolute Gasteiger partial charge is 0.416 e. The van der Waals surface area contributed by atoms with E-state index in [-0.39, 0.29) is 24.6 Å². The number of amidine groups is 1. The number of rotatable bonds is 2. The number of alkyl halides is 3. The second-order valence-corrected chi connectivity index (χ2v) is 7.65. The van der Waals surface area contributed by atoms with E-state index in [1.54, 1.807) is 13.0 Å². The Morgan fingerprint density at radius 2 is 1.94 bits per heavy atom. The van der Waals surface area contributed by atoms with Gasteiger partial charge in [0.05, 0.1) is 42.0 Å². The van der Waals surface area contributed by atoms with Crippen LogP contribution >= 0.6 is 0 Å². The third-order valence-electron chi connectivity index (χ3n) is 5.51. The monoisotopic (exact) mass is 464 g/mol. The lowest BCUT2D eigenvalue weighted by Gasteiger charge is -2.34. The smallest absolute Gasteiger partial charge is 0.365 e. The summed E-state index contributed by atoms with van der Waals surface area (Å²) >= 11 is 0. The number of halogens is 5. The van der Waals surface area contributed by atoms with Crippen molar-refractivity contribution in [3.05, 3.63) is 53.4 Å². The summed E-state index contributed by atoms with van der Waals surface area (Å²) in [7, 11) is 0. The van der Waals surface area contributed by atoms with Crippen molar-refractivity contribution >= 4 is 23.0 Å². The number of aliphatic imine (C=N–C) groups is 1. The molecular formula is C21H17F5N6O. The molecule has 0 unspecified atom stereocenters. The number of aromatic amines is 1. The number of hydrogen-bond donors (Lipinski definition) is 2. The molecule has 33 heavy (non-hydrogen) atoms. The SMILES string of the molecule is Cc1n[nH]c2c1N=C(c1c(F)cccc1F)Nc1cnc(N3CCO[C@@H](C(F)(F)F)C3)cc1-2. The van der Waals surface area contributed by atoms with E-state index in [1.807, 2.05) is 0 Å². The lowest BCUT2D eigenvalue weighted by atomic mass is 10.1. The van der Waals surface area contributed by atoms with E-state index in [1.165, 1.54) is 17.2 Å². The summed E-state index contributed by atoms with van der Waals surface area (Å²) in [4.78, 5) is 10.2. The first-order chi connectivity index (χ1) is 15.7. The van der Waals surface area contributed by atoms with E-state index in [9.17, 15) is 22.0 Å². The number of hydrogen-bond acceptors (Lipinski definition) is 6. The topological polar surface area (TPSA) is 78.4 Å². The third kappa shape index (κ3) is 3.80. The molecule has 2 aliphatic heterocycles. The standard InChI is InChI=1S/C21H17F5N6O/c1-10-18-19(31-30-10)11-7-16(32-5-6-33-15(9-32)21(24,25)26)27-8-14(11)28-20(29-18)17-12(22)3-2-4-13(17)23/h2-4,7-8,15H,5-6,9H2,1H3,(H,28,29)(H,30,31)/t15-/m1/s1. The molecule has 2 N–H and O–H groups in total. The number of ether oxygens (including phenoxy) is 1. The summed E-state index contributed by atoms with van der Waals surface area (Å²) in [6.45, 7) is 1.40. The summed E-state index contributed by atoms with van der Waals surface area (Å²) in [6.07, 6.45) is -5.03. The van der Waals surface area contributed by atoms with Gasteiger partial charge in [-0.3, -0.25) is 5.10 Å². The minimum atomic E-state index is -4.49. The van der Waals surface area contributed by atoms with E-state index in [4.69, 9.17) is 4.74 Å². The van der Waals surface area contributed by atoms with Crippen LogP contribution in [-0.4, -0.2) is 53.0 Å². The van der Waals surface area contributed by atoms with Gasteiger partial charge in [-0.25, -0.2) is 18.8 Å². The van der Waals surface area contributed by atoms with Gasteiger partial charge in [0.15, 0.2) is 6.10 Å². The van der Waals surface area contributed by atoms with Crippen LogP contribution in [0.1, 0.15) is 11.3 Å². The highest BCUT2D eigenvalue weighted by atomic mass is 19.4. The van der Waals surface area contributed by atoms with Gasteiger partial charge >= 0.3 is 6.18 Å². The first-order valence-corrected chi connectivity index (χ1v) is 10.0. The maximum absolute atomic E-state index is 14.5. The molecule has 2 aliphatic rings. The van der Waals surface area contributed by atoms with Crippen molar-refractivity contribution in [3.63, 3.8) is 0 Å². The van der Waals surface area contributed by atoms with Gasteiger partial charge in [-0.05, 0) is 25.1 Å². The molecule has 1 saturated heterocycles. The van der Waals surface area contributed by atoms with Crippen LogP contribution in [0.4, 0.5) is 39.1 Å². The molecule has 0 spiro atoms. The van der Waals surface area contributed by atoms with Gasteiger partial charge < -0.3 is 15.0 Å². The Morgan fingerprint density at radius 3 is 2.67 bits per heavy atom. The van der Waals surface area contributed by atoms with E-state index < -0.39 is 30.5 Å². The molecule has 0 aliphatic carbocycles. The van der Waals surface area contributed by atoms with Crippen LogP contribution in [-0.2, 0) is 4.74 Å². The van der Waals surface area contributed by atoms with Gasteiger partial charge in [0.1, 0.15) is 29.0 Å². The molecular weight excluding hydrogens is 447 g/mol. The quantitative estimate of drug-likeness (QED) is 0.552. The minimum Gasteiger partial charge on any atom is -0.365 e. The number of benzene rings is 1. The van der Waals surface area contributed by atoms with Crippen molar-refractivity contribution in [1.82, 2.24) is 15.2 Å². The predicted molar refractivity (Wildman–Crippen MR) is 111 cm³/mol. The molecule has 0 radical (unpaired) electrons. The fraction of sp³-hybridized carbons (Fsp3) is 0.286. The maximum Gasteiger partial charge on any atom is 0.416 e. The molecule has 1 atom stereocenters. The van der Waals surface area contributed by atoms with Gasteiger partial charge in [0.2, 0.25) is 0 Å². The average molecular weight is 464 g/mol. The summed E-state index contributed by atoms with van der Waals surface area (Å²) < 4.78 is 73.3.